The second kappa shape index (κ2) is 6.19. The Bertz CT molecular complexity index is 685. The van der Waals surface area contributed by atoms with Crippen LogP contribution in [0, 0.1) is 0 Å². The molecule has 1 heterocycles. The first-order chi connectivity index (χ1) is 9.49. The Morgan fingerprint density at radius 3 is 2.65 bits per heavy atom. The number of nitrogens with zero attached hydrogens (tertiary/aromatic N) is 1. The molecule has 0 bridgehead atoms. The van der Waals surface area contributed by atoms with E-state index in [2.05, 4.69) is 25.9 Å². The van der Waals surface area contributed by atoms with Crippen molar-refractivity contribution in [3.63, 3.8) is 0 Å². The van der Waals surface area contributed by atoms with Crippen molar-refractivity contribution in [1.29, 1.82) is 0 Å². The van der Waals surface area contributed by atoms with Crippen molar-refractivity contribution in [2.24, 2.45) is 0 Å². The SMILES string of the molecule is O=C(O)C(Cc1ccc(Cl)cc1)c1nc[nH]c(=O)c1Br. The van der Waals surface area contributed by atoms with Crippen LogP contribution < -0.4 is 5.56 Å². The van der Waals surface area contributed by atoms with Gasteiger partial charge in [-0.05, 0) is 40.0 Å². The number of H-pyrrole nitrogens is 1. The van der Waals surface area contributed by atoms with Gasteiger partial charge in [0.25, 0.3) is 5.56 Å². The fourth-order valence-electron chi connectivity index (χ4n) is 1.80. The first-order valence-corrected chi connectivity index (χ1v) is 6.86. The van der Waals surface area contributed by atoms with Gasteiger partial charge in [0.05, 0.1) is 12.0 Å². The van der Waals surface area contributed by atoms with Crippen LogP contribution in [0.25, 0.3) is 0 Å². The molecule has 5 nitrogen and oxygen atoms in total. The zero-order valence-corrected chi connectivity index (χ0v) is 12.5. The lowest BCUT2D eigenvalue weighted by Crippen LogP contribution is -2.20. The van der Waals surface area contributed by atoms with Crippen LogP contribution >= 0.6 is 27.5 Å². The van der Waals surface area contributed by atoms with Crippen LogP contribution in [0.2, 0.25) is 5.02 Å². The summed E-state index contributed by atoms with van der Waals surface area (Å²) in [6.45, 7) is 0. The molecule has 0 spiro atoms. The Morgan fingerprint density at radius 1 is 1.40 bits per heavy atom. The van der Waals surface area contributed by atoms with Gasteiger partial charge in [-0.25, -0.2) is 4.98 Å². The highest BCUT2D eigenvalue weighted by Crippen LogP contribution is 2.24. The molecule has 1 aromatic carbocycles. The van der Waals surface area contributed by atoms with E-state index < -0.39 is 17.4 Å². The lowest BCUT2D eigenvalue weighted by Gasteiger charge is -2.13. The molecule has 2 N–H and O–H groups in total. The quantitative estimate of drug-likeness (QED) is 0.881. The molecule has 0 aliphatic rings. The minimum atomic E-state index is -1.04. The minimum Gasteiger partial charge on any atom is -0.481 e. The minimum absolute atomic E-state index is 0.140. The molecule has 0 saturated carbocycles. The number of aliphatic carboxylic acids is 1. The Labute approximate surface area is 127 Å². The zero-order valence-electron chi connectivity index (χ0n) is 10.1. The number of rotatable bonds is 4. The third-order valence-electron chi connectivity index (χ3n) is 2.80. The van der Waals surface area contributed by atoms with Crippen LogP contribution in [0.5, 0.6) is 0 Å². The lowest BCUT2D eigenvalue weighted by molar-refractivity contribution is -0.138. The summed E-state index contributed by atoms with van der Waals surface area (Å²) >= 11 is 8.88. The highest BCUT2D eigenvalue weighted by atomic mass is 79.9. The van der Waals surface area contributed by atoms with Crippen molar-refractivity contribution >= 4 is 33.5 Å². The summed E-state index contributed by atoms with van der Waals surface area (Å²) in [5, 5.41) is 9.94. The van der Waals surface area contributed by atoms with E-state index in [4.69, 9.17) is 11.6 Å². The number of carboxylic acids is 1. The van der Waals surface area contributed by atoms with Crippen molar-refractivity contribution in [1.82, 2.24) is 9.97 Å². The molecule has 2 aromatic rings. The second-order valence-electron chi connectivity index (χ2n) is 4.15. The number of carbonyl (C=O) groups is 1. The summed E-state index contributed by atoms with van der Waals surface area (Å²) in [5.41, 5.74) is 0.601. The lowest BCUT2D eigenvalue weighted by atomic mass is 9.96. The maximum Gasteiger partial charge on any atom is 0.312 e. The third kappa shape index (κ3) is 3.26. The number of aromatic amines is 1. The molecule has 0 aliphatic heterocycles. The Hall–Kier alpha value is -1.66. The summed E-state index contributed by atoms with van der Waals surface area (Å²) in [6, 6.07) is 6.88. The van der Waals surface area contributed by atoms with Gasteiger partial charge in [0, 0.05) is 5.02 Å². The van der Waals surface area contributed by atoms with Gasteiger partial charge in [-0.1, -0.05) is 23.7 Å². The van der Waals surface area contributed by atoms with Gasteiger partial charge >= 0.3 is 5.97 Å². The molecule has 0 fully saturated rings. The second-order valence-corrected chi connectivity index (χ2v) is 5.38. The molecule has 7 heteroatoms. The van der Waals surface area contributed by atoms with E-state index in [0.29, 0.717) is 5.02 Å². The number of hydrogen-bond acceptors (Lipinski definition) is 3. The normalized spacial score (nSPS) is 12.1. The number of aromatic nitrogens is 2. The predicted molar refractivity (Wildman–Crippen MR) is 78.1 cm³/mol. The van der Waals surface area contributed by atoms with E-state index in [1.807, 2.05) is 0 Å². The molecule has 0 aliphatic carbocycles. The predicted octanol–water partition coefficient (Wildman–Crippen LogP) is 2.60. The van der Waals surface area contributed by atoms with Crippen LogP contribution in [0.4, 0.5) is 0 Å². The van der Waals surface area contributed by atoms with Crippen LogP contribution in [-0.2, 0) is 11.2 Å². The first-order valence-electron chi connectivity index (χ1n) is 5.69. The maximum absolute atomic E-state index is 11.5. The van der Waals surface area contributed by atoms with Crippen LogP contribution in [0.1, 0.15) is 17.2 Å². The number of carboxylic acid groups (broad SMARTS) is 1. The molecule has 104 valence electrons. The number of hydrogen-bond donors (Lipinski definition) is 2. The summed E-state index contributed by atoms with van der Waals surface area (Å²) < 4.78 is 0.140. The maximum atomic E-state index is 11.5. The molecule has 0 amide bonds. The van der Waals surface area contributed by atoms with Crippen molar-refractivity contribution < 1.29 is 9.90 Å². The Morgan fingerprint density at radius 2 is 2.05 bits per heavy atom. The Kier molecular flexibility index (Phi) is 4.57. The third-order valence-corrected chi connectivity index (χ3v) is 3.82. The van der Waals surface area contributed by atoms with Gasteiger partial charge in [0.2, 0.25) is 0 Å². The fraction of sp³-hybridized carbons (Fsp3) is 0.154. The van der Waals surface area contributed by atoms with Gasteiger partial charge in [0.15, 0.2) is 0 Å². The van der Waals surface area contributed by atoms with Crippen molar-refractivity contribution in [3.8, 4) is 0 Å². The molecular formula is C13H10BrClN2O3. The summed E-state index contributed by atoms with van der Waals surface area (Å²) in [4.78, 5) is 29.3. The average Bonchev–Trinajstić information content (AvgIpc) is 2.41. The van der Waals surface area contributed by atoms with E-state index in [1.165, 1.54) is 6.33 Å². The number of nitrogens with one attached hydrogen (secondary N) is 1. The molecule has 0 radical (unpaired) electrons. The van der Waals surface area contributed by atoms with E-state index in [-0.39, 0.29) is 16.6 Å². The van der Waals surface area contributed by atoms with Crippen molar-refractivity contribution in [3.05, 3.63) is 61.7 Å². The molecule has 2 rings (SSSR count). The van der Waals surface area contributed by atoms with Gasteiger partial charge < -0.3 is 10.1 Å². The van der Waals surface area contributed by atoms with Crippen molar-refractivity contribution in [2.45, 2.75) is 12.3 Å². The molecule has 0 saturated heterocycles. The monoisotopic (exact) mass is 356 g/mol. The largest absolute Gasteiger partial charge is 0.481 e. The first kappa shape index (κ1) is 14.7. The van der Waals surface area contributed by atoms with Gasteiger partial charge in [-0.15, -0.1) is 0 Å². The number of benzene rings is 1. The average molecular weight is 358 g/mol. The smallest absolute Gasteiger partial charge is 0.312 e. The summed E-state index contributed by atoms with van der Waals surface area (Å²) in [6.07, 6.45) is 1.42. The topological polar surface area (TPSA) is 83.0 Å². The van der Waals surface area contributed by atoms with Crippen LogP contribution in [0.15, 0.2) is 39.9 Å². The number of halogens is 2. The molecule has 1 atom stereocenters. The zero-order chi connectivity index (χ0) is 14.7. The van der Waals surface area contributed by atoms with E-state index in [1.54, 1.807) is 24.3 Å². The molecule has 20 heavy (non-hydrogen) atoms. The van der Waals surface area contributed by atoms with E-state index in [0.717, 1.165) is 5.56 Å². The van der Waals surface area contributed by atoms with E-state index in [9.17, 15) is 14.7 Å². The highest BCUT2D eigenvalue weighted by Gasteiger charge is 2.25. The molecule has 1 aromatic heterocycles. The molecule has 1 unspecified atom stereocenters. The van der Waals surface area contributed by atoms with Gasteiger partial charge in [-0.3, -0.25) is 9.59 Å². The van der Waals surface area contributed by atoms with E-state index >= 15 is 0 Å². The van der Waals surface area contributed by atoms with Crippen molar-refractivity contribution in [2.75, 3.05) is 0 Å². The summed E-state index contributed by atoms with van der Waals surface area (Å²) in [7, 11) is 0. The highest BCUT2D eigenvalue weighted by molar-refractivity contribution is 9.10. The van der Waals surface area contributed by atoms with Crippen LogP contribution in [0.3, 0.4) is 0 Å². The standard InChI is InChI=1S/C13H10BrClN2O3/c14-10-11(16-6-17-12(10)18)9(13(19)20)5-7-1-3-8(15)4-2-7/h1-4,6,9H,5H2,(H,19,20)(H,16,17,18). The van der Waals surface area contributed by atoms with Gasteiger partial charge in [-0.2, -0.15) is 0 Å². The molecular weight excluding hydrogens is 348 g/mol. The van der Waals surface area contributed by atoms with Crippen LogP contribution in [-0.4, -0.2) is 21.0 Å². The van der Waals surface area contributed by atoms with Gasteiger partial charge in [0.1, 0.15) is 10.4 Å². The fourth-order valence-corrected chi connectivity index (χ4v) is 2.42. The summed E-state index contributed by atoms with van der Waals surface area (Å²) in [5.74, 6) is -1.95. The Balaban J connectivity index is 2.37.